The van der Waals surface area contributed by atoms with Crippen molar-refractivity contribution in [3.05, 3.63) is 11.9 Å². The lowest BCUT2D eigenvalue weighted by atomic mass is 9.96. The molecule has 0 bridgehead atoms. The van der Waals surface area contributed by atoms with Crippen molar-refractivity contribution in [2.75, 3.05) is 28.7 Å². The summed E-state index contributed by atoms with van der Waals surface area (Å²) in [6, 6.07) is 2.56. The highest BCUT2D eigenvalue weighted by molar-refractivity contribution is 7.99. The molecule has 1 atom stereocenters. The summed E-state index contributed by atoms with van der Waals surface area (Å²) < 4.78 is 0. The fraction of sp³-hybridized carbons (Fsp3) is 0.733. The maximum Gasteiger partial charge on any atom is 0.138 e. The summed E-state index contributed by atoms with van der Waals surface area (Å²) in [6.45, 7) is 9.41. The second-order valence-electron chi connectivity index (χ2n) is 6.30. The molecule has 20 heavy (non-hydrogen) atoms. The van der Waals surface area contributed by atoms with E-state index < -0.39 is 0 Å². The Balaban J connectivity index is 2.19. The van der Waals surface area contributed by atoms with Gasteiger partial charge in [0.25, 0.3) is 0 Å². The standard InChI is InChI=1S/C15H26N4S/c1-5-16-12-9-13(17-11-7-6-8-20-10-11)19-14(18-12)15(2,3)4/h9,11H,5-8,10H2,1-4H3,(H2,16,17,18,19). The molecule has 1 aromatic heterocycles. The lowest BCUT2D eigenvalue weighted by Gasteiger charge is -2.25. The average Bonchev–Trinajstić information content (AvgIpc) is 2.39. The predicted octanol–water partition coefficient (Wildman–Crippen LogP) is 3.51. The van der Waals surface area contributed by atoms with Crippen LogP contribution in [0.25, 0.3) is 0 Å². The number of rotatable bonds is 4. The highest BCUT2D eigenvalue weighted by Crippen LogP contribution is 2.24. The van der Waals surface area contributed by atoms with Gasteiger partial charge in [-0.25, -0.2) is 9.97 Å². The van der Waals surface area contributed by atoms with E-state index in [-0.39, 0.29) is 5.41 Å². The third-order valence-corrected chi connectivity index (χ3v) is 4.48. The number of thioether (sulfide) groups is 1. The Kier molecular flexibility index (Phi) is 5.13. The van der Waals surface area contributed by atoms with Crippen LogP contribution in [-0.2, 0) is 5.41 Å². The molecular weight excluding hydrogens is 268 g/mol. The van der Waals surface area contributed by atoms with E-state index in [1.807, 2.05) is 17.8 Å². The molecule has 0 radical (unpaired) electrons. The first-order chi connectivity index (χ1) is 9.49. The molecular formula is C15H26N4S. The largest absolute Gasteiger partial charge is 0.370 e. The van der Waals surface area contributed by atoms with Crippen molar-refractivity contribution in [2.45, 2.75) is 52.0 Å². The van der Waals surface area contributed by atoms with Crippen LogP contribution < -0.4 is 10.6 Å². The molecule has 1 saturated heterocycles. The van der Waals surface area contributed by atoms with Crippen LogP contribution in [0.4, 0.5) is 11.6 Å². The quantitative estimate of drug-likeness (QED) is 0.890. The van der Waals surface area contributed by atoms with Crippen molar-refractivity contribution in [3.8, 4) is 0 Å². The third-order valence-electron chi connectivity index (χ3n) is 3.27. The zero-order chi connectivity index (χ0) is 14.6. The Hall–Kier alpha value is -0.970. The topological polar surface area (TPSA) is 49.8 Å². The number of nitrogens with one attached hydrogen (secondary N) is 2. The number of nitrogens with zero attached hydrogens (tertiary/aromatic N) is 2. The number of anilines is 2. The van der Waals surface area contributed by atoms with Crippen molar-refractivity contribution >= 4 is 23.4 Å². The molecule has 0 aromatic carbocycles. The van der Waals surface area contributed by atoms with Crippen LogP contribution in [0.5, 0.6) is 0 Å². The van der Waals surface area contributed by atoms with Crippen LogP contribution in [-0.4, -0.2) is 34.1 Å². The third kappa shape index (κ3) is 4.27. The Morgan fingerprint density at radius 2 is 2.05 bits per heavy atom. The number of hydrogen-bond donors (Lipinski definition) is 2. The molecule has 0 spiro atoms. The average molecular weight is 294 g/mol. The van der Waals surface area contributed by atoms with E-state index in [0.717, 1.165) is 24.0 Å². The molecule has 0 amide bonds. The minimum absolute atomic E-state index is 0.0385. The zero-order valence-electron chi connectivity index (χ0n) is 13.0. The van der Waals surface area contributed by atoms with Gasteiger partial charge in [0.2, 0.25) is 0 Å². The summed E-state index contributed by atoms with van der Waals surface area (Å²) in [4.78, 5) is 9.33. The zero-order valence-corrected chi connectivity index (χ0v) is 13.8. The molecule has 4 nitrogen and oxygen atoms in total. The monoisotopic (exact) mass is 294 g/mol. The minimum Gasteiger partial charge on any atom is -0.370 e. The van der Waals surface area contributed by atoms with Crippen LogP contribution in [0.2, 0.25) is 0 Å². The van der Waals surface area contributed by atoms with Gasteiger partial charge in [0.05, 0.1) is 0 Å². The first-order valence-corrected chi connectivity index (χ1v) is 8.62. The van der Waals surface area contributed by atoms with Crippen molar-refractivity contribution < 1.29 is 0 Å². The fourth-order valence-corrected chi connectivity index (χ4v) is 3.26. The maximum atomic E-state index is 4.71. The molecule has 0 saturated carbocycles. The molecule has 1 unspecified atom stereocenters. The van der Waals surface area contributed by atoms with Gasteiger partial charge in [0.1, 0.15) is 17.5 Å². The van der Waals surface area contributed by atoms with Gasteiger partial charge < -0.3 is 10.6 Å². The van der Waals surface area contributed by atoms with E-state index in [2.05, 4.69) is 43.3 Å². The molecule has 5 heteroatoms. The van der Waals surface area contributed by atoms with Crippen LogP contribution in [0.3, 0.4) is 0 Å². The number of hydrogen-bond acceptors (Lipinski definition) is 5. The molecule has 1 aliphatic heterocycles. The van der Waals surface area contributed by atoms with Crippen molar-refractivity contribution in [1.82, 2.24) is 9.97 Å². The van der Waals surface area contributed by atoms with Crippen molar-refractivity contribution in [1.29, 1.82) is 0 Å². The van der Waals surface area contributed by atoms with Gasteiger partial charge in [-0.1, -0.05) is 20.8 Å². The van der Waals surface area contributed by atoms with Crippen LogP contribution in [0.1, 0.15) is 46.4 Å². The second-order valence-corrected chi connectivity index (χ2v) is 7.45. The van der Waals surface area contributed by atoms with Crippen LogP contribution in [0.15, 0.2) is 6.07 Å². The molecule has 0 aliphatic carbocycles. The molecule has 2 N–H and O–H groups in total. The van der Waals surface area contributed by atoms with Crippen LogP contribution in [0, 0.1) is 0 Å². The molecule has 2 heterocycles. The highest BCUT2D eigenvalue weighted by atomic mass is 32.2. The molecule has 2 rings (SSSR count). The predicted molar refractivity (Wildman–Crippen MR) is 88.9 cm³/mol. The summed E-state index contributed by atoms with van der Waals surface area (Å²) in [6.07, 6.45) is 2.53. The summed E-state index contributed by atoms with van der Waals surface area (Å²) in [5.74, 6) is 5.22. The lowest BCUT2D eigenvalue weighted by molar-refractivity contribution is 0.545. The summed E-state index contributed by atoms with van der Waals surface area (Å²) in [5.41, 5.74) is -0.0385. The Morgan fingerprint density at radius 1 is 1.30 bits per heavy atom. The number of aromatic nitrogens is 2. The Labute approximate surface area is 126 Å². The van der Waals surface area contributed by atoms with Gasteiger partial charge in [0, 0.05) is 29.8 Å². The minimum atomic E-state index is -0.0385. The smallest absolute Gasteiger partial charge is 0.138 e. The molecule has 1 fully saturated rings. The lowest BCUT2D eigenvalue weighted by Crippen LogP contribution is -2.27. The van der Waals surface area contributed by atoms with Gasteiger partial charge in [-0.2, -0.15) is 11.8 Å². The van der Waals surface area contributed by atoms with Gasteiger partial charge in [0.15, 0.2) is 0 Å². The Bertz CT molecular complexity index is 436. The fourth-order valence-electron chi connectivity index (χ4n) is 2.19. The van der Waals surface area contributed by atoms with Gasteiger partial charge in [-0.15, -0.1) is 0 Å². The van der Waals surface area contributed by atoms with Crippen molar-refractivity contribution in [2.24, 2.45) is 0 Å². The maximum absolute atomic E-state index is 4.71. The second kappa shape index (κ2) is 6.66. The van der Waals surface area contributed by atoms with E-state index in [9.17, 15) is 0 Å². The molecule has 112 valence electrons. The first-order valence-electron chi connectivity index (χ1n) is 7.46. The molecule has 1 aliphatic rings. The summed E-state index contributed by atoms with van der Waals surface area (Å²) in [7, 11) is 0. The van der Waals surface area contributed by atoms with Crippen molar-refractivity contribution in [3.63, 3.8) is 0 Å². The SMILES string of the molecule is CCNc1cc(NC2CCCSC2)nc(C(C)(C)C)n1. The van der Waals surface area contributed by atoms with Gasteiger partial charge in [-0.05, 0) is 25.5 Å². The van der Waals surface area contributed by atoms with Crippen LogP contribution >= 0.6 is 11.8 Å². The van der Waals surface area contributed by atoms with Gasteiger partial charge >= 0.3 is 0 Å². The Morgan fingerprint density at radius 3 is 2.65 bits per heavy atom. The summed E-state index contributed by atoms with van der Waals surface area (Å²) >= 11 is 2.02. The normalized spacial score (nSPS) is 19.7. The van der Waals surface area contributed by atoms with Gasteiger partial charge in [-0.3, -0.25) is 0 Å². The van der Waals surface area contributed by atoms with E-state index in [0.29, 0.717) is 6.04 Å². The van der Waals surface area contributed by atoms with E-state index >= 15 is 0 Å². The first kappa shape index (κ1) is 15.4. The summed E-state index contributed by atoms with van der Waals surface area (Å²) in [5, 5.41) is 6.88. The highest BCUT2D eigenvalue weighted by Gasteiger charge is 2.20. The molecule has 1 aromatic rings. The van der Waals surface area contributed by atoms with E-state index in [1.54, 1.807) is 0 Å². The van der Waals surface area contributed by atoms with E-state index in [1.165, 1.54) is 24.3 Å². The van der Waals surface area contributed by atoms with E-state index in [4.69, 9.17) is 4.98 Å².